The molecule has 3 rings (SSSR count). The lowest BCUT2D eigenvalue weighted by Gasteiger charge is -2.21. The third kappa shape index (κ3) is 8.61. The summed E-state index contributed by atoms with van der Waals surface area (Å²) >= 11 is 0. The maximum atomic E-state index is 15.5. The number of carbonyl (C=O) groups is 1. The second kappa shape index (κ2) is 13.5. The molecule has 0 aliphatic rings. The van der Waals surface area contributed by atoms with Crippen molar-refractivity contribution in [3.8, 4) is 0 Å². The largest absolute Gasteiger partial charge is 0.383 e. The van der Waals surface area contributed by atoms with E-state index >= 15 is 13.2 Å². The van der Waals surface area contributed by atoms with Crippen molar-refractivity contribution in [3.05, 3.63) is 82.1 Å². The van der Waals surface area contributed by atoms with Crippen LogP contribution < -0.4 is 20.2 Å². The Balaban J connectivity index is 2.02. The maximum Gasteiger partial charge on any atom is 0.300 e. The molecule has 2 aromatic carbocycles. The molecule has 4 N–H and O–H groups in total. The number of nitrogens with one attached hydrogen (secondary N) is 4. The fourth-order valence-corrected chi connectivity index (χ4v) is 4.38. The standard InChI is InChI=1S/C27H31F4N5O5S/c1-15-6-7-20(19(28)12-15)34-24-18(26(37)35-41-27(2,3)4)14-17(21(29)23(24)31)13-16-8-9-32-25(22(16)30)36-42(38,39)33-10-11-40-5/h6-9,12,14,33-34H,10-11,13H2,1-5H3,(H,32,36)(H,35,37). The van der Waals surface area contributed by atoms with Crippen molar-refractivity contribution in [2.24, 2.45) is 0 Å². The van der Waals surface area contributed by atoms with Crippen LogP contribution in [0.4, 0.5) is 34.8 Å². The predicted molar refractivity (Wildman–Crippen MR) is 149 cm³/mol. The lowest BCUT2D eigenvalue weighted by atomic mass is 9.99. The van der Waals surface area contributed by atoms with Gasteiger partial charge in [0.05, 0.1) is 29.1 Å². The zero-order valence-corrected chi connectivity index (χ0v) is 24.3. The van der Waals surface area contributed by atoms with Gasteiger partial charge in [-0.1, -0.05) is 6.07 Å². The number of ether oxygens (including phenoxy) is 1. The van der Waals surface area contributed by atoms with Crippen LogP contribution in [0.5, 0.6) is 0 Å². The number of benzene rings is 2. The molecule has 0 saturated carbocycles. The van der Waals surface area contributed by atoms with Gasteiger partial charge in [0.15, 0.2) is 23.3 Å². The van der Waals surface area contributed by atoms with Gasteiger partial charge < -0.3 is 10.1 Å². The Hall–Kier alpha value is -3.79. The molecule has 0 aliphatic heterocycles. The maximum absolute atomic E-state index is 15.5. The Morgan fingerprint density at radius 2 is 1.71 bits per heavy atom. The summed E-state index contributed by atoms with van der Waals surface area (Å²) in [5, 5.41) is 2.43. The zero-order chi connectivity index (χ0) is 31.2. The van der Waals surface area contributed by atoms with Crippen LogP contribution in [-0.4, -0.2) is 45.2 Å². The molecule has 0 unspecified atom stereocenters. The first kappa shape index (κ1) is 32.7. The van der Waals surface area contributed by atoms with Crippen LogP contribution in [-0.2, 0) is 26.2 Å². The van der Waals surface area contributed by atoms with Gasteiger partial charge in [0.25, 0.3) is 16.1 Å². The SMILES string of the molecule is COCCNS(=O)(=O)Nc1nccc(Cc2cc(C(=O)NOC(C)(C)C)c(Nc3ccc(C)cc3F)c(F)c2F)c1F. The van der Waals surface area contributed by atoms with Gasteiger partial charge in [-0.05, 0) is 68.7 Å². The minimum Gasteiger partial charge on any atom is -0.383 e. The van der Waals surface area contributed by atoms with Crippen molar-refractivity contribution in [1.82, 2.24) is 15.2 Å². The van der Waals surface area contributed by atoms with E-state index in [1.165, 1.54) is 25.3 Å². The van der Waals surface area contributed by atoms with Crippen LogP contribution in [0.2, 0.25) is 0 Å². The van der Waals surface area contributed by atoms with Crippen LogP contribution in [0.3, 0.4) is 0 Å². The van der Waals surface area contributed by atoms with E-state index in [9.17, 15) is 17.6 Å². The average Bonchev–Trinajstić information content (AvgIpc) is 2.90. The van der Waals surface area contributed by atoms with Crippen molar-refractivity contribution in [1.29, 1.82) is 0 Å². The Morgan fingerprint density at radius 1 is 1.00 bits per heavy atom. The van der Waals surface area contributed by atoms with E-state index in [4.69, 9.17) is 9.57 Å². The summed E-state index contributed by atoms with van der Waals surface area (Å²) in [5.74, 6) is -6.60. The molecular formula is C27H31F4N5O5S. The van der Waals surface area contributed by atoms with E-state index in [0.717, 1.165) is 18.3 Å². The van der Waals surface area contributed by atoms with Gasteiger partial charge >= 0.3 is 0 Å². The van der Waals surface area contributed by atoms with E-state index < -0.39 is 74.0 Å². The van der Waals surface area contributed by atoms with Crippen molar-refractivity contribution in [2.45, 2.75) is 39.7 Å². The van der Waals surface area contributed by atoms with Gasteiger partial charge in [-0.3, -0.25) is 14.4 Å². The third-order valence-corrected chi connectivity index (χ3v) is 6.59. The van der Waals surface area contributed by atoms with E-state index in [0.29, 0.717) is 5.56 Å². The van der Waals surface area contributed by atoms with E-state index in [1.54, 1.807) is 27.7 Å². The molecule has 0 atom stereocenters. The first-order valence-corrected chi connectivity index (χ1v) is 14.0. The Bertz CT molecular complexity index is 1570. The van der Waals surface area contributed by atoms with Gasteiger partial charge in [0.2, 0.25) is 0 Å². The molecule has 1 aromatic heterocycles. The number of nitrogens with zero attached hydrogens (tertiary/aromatic N) is 1. The van der Waals surface area contributed by atoms with Crippen molar-refractivity contribution >= 4 is 33.3 Å². The molecule has 15 heteroatoms. The summed E-state index contributed by atoms with van der Waals surface area (Å²) in [7, 11) is -2.87. The summed E-state index contributed by atoms with van der Waals surface area (Å²) in [4.78, 5) is 22.0. The van der Waals surface area contributed by atoms with Gasteiger partial charge in [0.1, 0.15) is 5.82 Å². The van der Waals surface area contributed by atoms with Crippen LogP contribution in [0.25, 0.3) is 0 Å². The van der Waals surface area contributed by atoms with Gasteiger partial charge in [0, 0.05) is 26.3 Å². The monoisotopic (exact) mass is 613 g/mol. The van der Waals surface area contributed by atoms with Crippen molar-refractivity contribution < 1.29 is 40.3 Å². The highest BCUT2D eigenvalue weighted by Gasteiger charge is 2.26. The number of pyridine rings is 1. The fourth-order valence-electron chi connectivity index (χ4n) is 3.56. The summed E-state index contributed by atoms with van der Waals surface area (Å²) < 4.78 is 93.9. The number of anilines is 3. The summed E-state index contributed by atoms with van der Waals surface area (Å²) in [6.45, 7) is 6.49. The number of hydrogen-bond donors (Lipinski definition) is 4. The Kier molecular flexibility index (Phi) is 10.5. The van der Waals surface area contributed by atoms with Crippen molar-refractivity contribution in [3.63, 3.8) is 0 Å². The number of carbonyl (C=O) groups excluding carboxylic acids is 1. The van der Waals surface area contributed by atoms with Gasteiger partial charge in [-0.15, -0.1) is 0 Å². The number of halogens is 4. The Morgan fingerprint density at radius 3 is 2.36 bits per heavy atom. The predicted octanol–water partition coefficient (Wildman–Crippen LogP) is 4.63. The van der Waals surface area contributed by atoms with Crippen molar-refractivity contribution in [2.75, 3.05) is 30.3 Å². The Labute approximate surface area is 241 Å². The zero-order valence-electron chi connectivity index (χ0n) is 23.5. The number of hydroxylamine groups is 1. The second-order valence-electron chi connectivity index (χ2n) is 10.1. The van der Waals surface area contributed by atoms with E-state index in [2.05, 4.69) is 20.5 Å². The van der Waals surface area contributed by atoms with E-state index in [-0.39, 0.29) is 24.4 Å². The third-order valence-electron chi connectivity index (χ3n) is 5.54. The van der Waals surface area contributed by atoms with Crippen LogP contribution in [0.15, 0.2) is 36.5 Å². The second-order valence-corrected chi connectivity index (χ2v) is 11.6. The highest BCUT2D eigenvalue weighted by molar-refractivity contribution is 7.90. The molecule has 3 aromatic rings. The molecule has 10 nitrogen and oxygen atoms in total. The number of hydrogen-bond acceptors (Lipinski definition) is 7. The fraction of sp³-hybridized carbons (Fsp3) is 0.333. The average molecular weight is 614 g/mol. The summed E-state index contributed by atoms with van der Waals surface area (Å²) in [6.07, 6.45) is 0.461. The van der Waals surface area contributed by atoms with Crippen LogP contribution in [0, 0.1) is 30.2 Å². The summed E-state index contributed by atoms with van der Waals surface area (Å²) in [6, 6.07) is 6.09. The smallest absolute Gasteiger partial charge is 0.300 e. The number of rotatable bonds is 12. The molecule has 0 radical (unpaired) electrons. The normalized spacial score (nSPS) is 11.8. The minimum atomic E-state index is -4.23. The first-order valence-electron chi connectivity index (χ1n) is 12.5. The van der Waals surface area contributed by atoms with Gasteiger partial charge in [-0.25, -0.2) is 28.0 Å². The quantitative estimate of drug-likeness (QED) is 0.133. The van der Waals surface area contributed by atoms with Crippen LogP contribution in [0.1, 0.15) is 47.8 Å². The lowest BCUT2D eigenvalue weighted by molar-refractivity contribution is -0.0589. The molecule has 1 heterocycles. The molecule has 0 bridgehead atoms. The highest BCUT2D eigenvalue weighted by Crippen LogP contribution is 2.32. The molecule has 0 spiro atoms. The molecule has 0 fully saturated rings. The molecule has 1 amide bonds. The van der Waals surface area contributed by atoms with Gasteiger partial charge in [-0.2, -0.15) is 13.1 Å². The number of methoxy groups -OCH3 is 1. The first-order chi connectivity index (χ1) is 19.6. The number of aromatic nitrogens is 1. The van der Waals surface area contributed by atoms with E-state index in [1.807, 2.05) is 4.72 Å². The molecular weight excluding hydrogens is 582 g/mol. The molecule has 0 aliphatic carbocycles. The van der Waals surface area contributed by atoms with Crippen LogP contribution >= 0.6 is 0 Å². The number of amides is 1. The minimum absolute atomic E-state index is 0.0554. The number of aryl methyl sites for hydroxylation is 1. The molecule has 0 saturated heterocycles. The molecule has 42 heavy (non-hydrogen) atoms. The molecule has 228 valence electrons. The summed E-state index contributed by atoms with van der Waals surface area (Å²) in [5.41, 5.74) is -0.220. The topological polar surface area (TPSA) is 131 Å². The lowest BCUT2D eigenvalue weighted by Crippen LogP contribution is -2.34. The highest BCUT2D eigenvalue weighted by atomic mass is 32.2.